The van der Waals surface area contributed by atoms with Gasteiger partial charge in [-0.25, -0.2) is 4.68 Å². The molecule has 11 heteroatoms. The summed E-state index contributed by atoms with van der Waals surface area (Å²) < 4.78 is 0.721. The third kappa shape index (κ3) is 4.25. The van der Waals surface area contributed by atoms with Crippen LogP contribution in [-0.2, 0) is 27.5 Å². The van der Waals surface area contributed by atoms with E-state index in [1.54, 1.807) is 15.7 Å². The molecule has 0 aliphatic carbocycles. The van der Waals surface area contributed by atoms with Crippen LogP contribution in [0.3, 0.4) is 0 Å². The van der Waals surface area contributed by atoms with Gasteiger partial charge >= 0.3 is 5.97 Å². The van der Waals surface area contributed by atoms with Gasteiger partial charge in [-0.15, -0.1) is 23.4 Å². The lowest BCUT2D eigenvalue weighted by molar-refractivity contribution is -0.150. The molecule has 3 unspecified atom stereocenters. The summed E-state index contributed by atoms with van der Waals surface area (Å²) in [7, 11) is 0. The number of fused-ring (bicyclic) bond motifs is 2. The molecule has 3 aliphatic heterocycles. The van der Waals surface area contributed by atoms with Crippen LogP contribution in [0.15, 0.2) is 67.3 Å². The van der Waals surface area contributed by atoms with Crippen LogP contribution in [0.1, 0.15) is 18.9 Å². The van der Waals surface area contributed by atoms with Crippen LogP contribution in [0, 0.1) is 17.8 Å². The van der Waals surface area contributed by atoms with Gasteiger partial charge in [0.1, 0.15) is 18.2 Å². The van der Waals surface area contributed by atoms with Gasteiger partial charge in [-0.3, -0.25) is 14.4 Å². The fraction of sp³-hybridized carbons (Fsp3) is 0.433. The van der Waals surface area contributed by atoms with E-state index in [1.165, 1.54) is 16.7 Å². The third-order valence-electron chi connectivity index (χ3n) is 9.01. The Morgan fingerprint density at radius 1 is 1.22 bits per heavy atom. The zero-order chi connectivity index (χ0) is 28.9. The Balaban J connectivity index is 1.43. The highest BCUT2D eigenvalue weighted by Gasteiger charge is 2.77. The lowest BCUT2D eigenvalue weighted by Crippen LogP contribution is -2.59. The van der Waals surface area contributed by atoms with E-state index in [-0.39, 0.29) is 42.8 Å². The number of nitrogens with zero attached hydrogens (tertiary/aromatic N) is 5. The van der Waals surface area contributed by atoms with Gasteiger partial charge < -0.3 is 20.0 Å². The number of hydrogen-bond acceptors (Lipinski definition) is 7. The molecule has 6 rings (SSSR count). The SMILES string of the molecule is C=CCN(Cn1nnc2ccccc21)C(=O)C1N([C@@H](CO)Cc2ccccc2)C(=O)[C@@H]2[C@H](C(=O)O)[C@@H]3CC(C)C12S3. The number of para-hydroxylation sites is 1. The topological polar surface area (TPSA) is 129 Å². The number of carboxylic acid groups (broad SMARTS) is 1. The highest BCUT2D eigenvalue weighted by molar-refractivity contribution is 8.02. The zero-order valence-electron chi connectivity index (χ0n) is 22.7. The lowest BCUT2D eigenvalue weighted by Gasteiger charge is -2.42. The molecule has 41 heavy (non-hydrogen) atoms. The van der Waals surface area contributed by atoms with Crippen molar-refractivity contribution in [2.24, 2.45) is 17.8 Å². The van der Waals surface area contributed by atoms with E-state index < -0.39 is 34.6 Å². The minimum Gasteiger partial charge on any atom is -0.481 e. The highest BCUT2D eigenvalue weighted by atomic mass is 32.2. The van der Waals surface area contributed by atoms with Gasteiger partial charge in [0.05, 0.1) is 34.7 Å². The molecular formula is C30H33N5O5S. The summed E-state index contributed by atoms with van der Waals surface area (Å²) in [6.45, 7) is 5.80. The zero-order valence-corrected chi connectivity index (χ0v) is 23.6. The molecule has 0 radical (unpaired) electrons. The first-order valence-corrected chi connectivity index (χ1v) is 14.7. The number of carboxylic acids is 1. The Morgan fingerprint density at radius 2 is 1.95 bits per heavy atom. The molecule has 2 bridgehead atoms. The molecule has 1 spiro atoms. The first kappa shape index (κ1) is 27.5. The maximum Gasteiger partial charge on any atom is 0.308 e. The standard InChI is InChI=1S/C30H33N5O5S/c1-3-13-33(17-34-22-12-8-7-11-21(22)31-32-34)28(38)26-30-18(2)14-23(41-30)24(29(39)40)25(30)27(37)35(26)20(16-36)15-19-9-5-4-6-10-19/h3-12,18,20,23-26,36H,1,13-17H2,2H3,(H,39,40)/t18?,20-,23+,24-,25+,26?,30?/m1/s1. The quantitative estimate of drug-likeness (QED) is 0.353. The van der Waals surface area contributed by atoms with Crippen molar-refractivity contribution in [3.63, 3.8) is 0 Å². The Kier molecular flexibility index (Phi) is 7.11. The van der Waals surface area contributed by atoms with Crippen molar-refractivity contribution in [1.82, 2.24) is 24.8 Å². The van der Waals surface area contributed by atoms with Crippen molar-refractivity contribution in [2.75, 3.05) is 13.2 Å². The lowest BCUT2D eigenvalue weighted by atomic mass is 9.66. The second-order valence-corrected chi connectivity index (χ2v) is 12.8. The average Bonchev–Trinajstić information content (AvgIpc) is 3.69. The Hall–Kier alpha value is -3.70. The summed E-state index contributed by atoms with van der Waals surface area (Å²) in [4.78, 5) is 44.7. The molecule has 3 aromatic rings. The van der Waals surface area contributed by atoms with Crippen molar-refractivity contribution < 1.29 is 24.6 Å². The van der Waals surface area contributed by atoms with E-state index in [9.17, 15) is 24.6 Å². The van der Waals surface area contributed by atoms with Crippen molar-refractivity contribution in [3.8, 4) is 0 Å². The summed E-state index contributed by atoms with van der Waals surface area (Å²) in [5.41, 5.74) is 2.37. The number of likely N-dealkylation sites (tertiary alicyclic amines) is 1. The predicted molar refractivity (Wildman–Crippen MR) is 154 cm³/mol. The van der Waals surface area contributed by atoms with Crippen LogP contribution in [0.5, 0.6) is 0 Å². The van der Waals surface area contributed by atoms with Gasteiger partial charge in [0.2, 0.25) is 11.8 Å². The van der Waals surface area contributed by atoms with E-state index >= 15 is 0 Å². The van der Waals surface area contributed by atoms with Crippen molar-refractivity contribution in [2.45, 2.75) is 48.5 Å². The van der Waals surface area contributed by atoms with Gasteiger partial charge in [0.25, 0.3) is 0 Å². The molecule has 7 atom stereocenters. The molecule has 4 heterocycles. The van der Waals surface area contributed by atoms with Gasteiger partial charge in [-0.2, -0.15) is 0 Å². The van der Waals surface area contributed by atoms with Crippen molar-refractivity contribution in [3.05, 3.63) is 72.8 Å². The maximum absolute atomic E-state index is 14.8. The predicted octanol–water partition coefficient (Wildman–Crippen LogP) is 2.43. The highest BCUT2D eigenvalue weighted by Crippen LogP contribution is 2.69. The summed E-state index contributed by atoms with van der Waals surface area (Å²) in [5, 5.41) is 29.1. The molecule has 214 valence electrons. The van der Waals surface area contributed by atoms with E-state index in [4.69, 9.17) is 0 Å². The molecule has 3 fully saturated rings. The molecule has 2 aromatic carbocycles. The number of aliphatic hydroxyl groups excluding tert-OH is 1. The fourth-order valence-corrected chi connectivity index (χ4v) is 9.68. The maximum atomic E-state index is 14.8. The van der Waals surface area contributed by atoms with Crippen LogP contribution in [0.4, 0.5) is 0 Å². The molecule has 3 saturated heterocycles. The van der Waals surface area contributed by atoms with Crippen LogP contribution in [0.25, 0.3) is 11.0 Å². The Labute approximate surface area is 242 Å². The number of hydrogen-bond donors (Lipinski definition) is 2. The first-order valence-electron chi connectivity index (χ1n) is 13.9. The number of amides is 2. The molecular weight excluding hydrogens is 542 g/mol. The molecule has 3 aliphatic rings. The number of thioether (sulfide) groups is 1. The van der Waals surface area contributed by atoms with Gasteiger partial charge in [-0.1, -0.05) is 60.7 Å². The number of aliphatic carboxylic acids is 1. The Morgan fingerprint density at radius 3 is 2.66 bits per heavy atom. The van der Waals surface area contributed by atoms with E-state index in [0.29, 0.717) is 18.4 Å². The molecule has 10 nitrogen and oxygen atoms in total. The average molecular weight is 576 g/mol. The summed E-state index contributed by atoms with van der Waals surface area (Å²) in [5.74, 6) is -3.49. The largest absolute Gasteiger partial charge is 0.481 e. The second kappa shape index (κ2) is 10.6. The molecule has 1 aromatic heterocycles. The van der Waals surface area contributed by atoms with E-state index in [1.807, 2.05) is 61.5 Å². The first-order chi connectivity index (χ1) is 19.8. The molecule has 0 saturated carbocycles. The normalized spacial score (nSPS) is 29.1. The molecule has 2 N–H and O–H groups in total. The summed E-state index contributed by atoms with van der Waals surface area (Å²) in [6.07, 6.45) is 2.58. The minimum atomic E-state index is -1.01. The number of carbonyl (C=O) groups is 3. The number of aliphatic hydroxyl groups is 1. The van der Waals surface area contributed by atoms with Gasteiger partial charge in [0, 0.05) is 11.8 Å². The van der Waals surface area contributed by atoms with Crippen molar-refractivity contribution in [1.29, 1.82) is 0 Å². The van der Waals surface area contributed by atoms with E-state index in [2.05, 4.69) is 16.9 Å². The van der Waals surface area contributed by atoms with Crippen LogP contribution in [0.2, 0.25) is 0 Å². The minimum absolute atomic E-state index is 0.0742. The monoisotopic (exact) mass is 575 g/mol. The van der Waals surface area contributed by atoms with Crippen LogP contribution in [-0.4, -0.2) is 88.0 Å². The number of rotatable bonds is 10. The summed E-state index contributed by atoms with van der Waals surface area (Å²) >= 11 is 1.49. The van der Waals surface area contributed by atoms with Crippen molar-refractivity contribution >= 4 is 40.6 Å². The summed E-state index contributed by atoms with van der Waals surface area (Å²) in [6, 6.07) is 15.3. The fourth-order valence-electron chi connectivity index (χ4n) is 7.28. The van der Waals surface area contributed by atoms with Gasteiger partial charge in [-0.05, 0) is 36.5 Å². The Bertz CT molecular complexity index is 1500. The smallest absolute Gasteiger partial charge is 0.308 e. The van der Waals surface area contributed by atoms with Crippen LogP contribution < -0.4 is 0 Å². The number of aromatic nitrogens is 3. The second-order valence-electron chi connectivity index (χ2n) is 11.2. The van der Waals surface area contributed by atoms with E-state index in [0.717, 1.165) is 11.1 Å². The number of carbonyl (C=O) groups excluding carboxylic acids is 2. The van der Waals surface area contributed by atoms with Gasteiger partial charge in [0.15, 0.2) is 0 Å². The third-order valence-corrected chi connectivity index (χ3v) is 11.1. The molecule has 2 amide bonds. The number of benzene rings is 2. The van der Waals surface area contributed by atoms with Crippen LogP contribution >= 0.6 is 11.8 Å².